The van der Waals surface area contributed by atoms with E-state index in [2.05, 4.69) is 0 Å². The van der Waals surface area contributed by atoms with Crippen LogP contribution in [0.5, 0.6) is 0 Å². The number of nitrogens with zero attached hydrogens (tertiary/aromatic N) is 1. The average Bonchev–Trinajstić information content (AvgIpc) is 1.88. The number of rotatable bonds is 1. The summed E-state index contributed by atoms with van der Waals surface area (Å²) in [5.74, 6) is 0. The van der Waals surface area contributed by atoms with Crippen LogP contribution in [0, 0.1) is 17.0 Å². The highest BCUT2D eigenvalue weighted by atomic mass is 16.6. The van der Waals surface area contributed by atoms with Crippen molar-refractivity contribution in [3.8, 4) is 0 Å². The Kier molecular flexibility index (Phi) is 3.20. The van der Waals surface area contributed by atoms with Gasteiger partial charge in [-0.1, -0.05) is 12.1 Å². The summed E-state index contributed by atoms with van der Waals surface area (Å²) < 4.78 is 0. The van der Waals surface area contributed by atoms with Gasteiger partial charge in [0.1, 0.15) is 0 Å². The monoisotopic (exact) mass is 155 g/mol. The lowest BCUT2D eigenvalue weighted by Crippen LogP contribution is -1.86. The lowest BCUT2D eigenvalue weighted by atomic mass is 10.2. The minimum Gasteiger partial charge on any atom is -0.412 e. The third-order valence-corrected chi connectivity index (χ3v) is 1.21. The molecule has 0 saturated carbocycles. The number of aryl methyl sites for hydroxylation is 1. The van der Waals surface area contributed by atoms with E-state index >= 15 is 0 Å². The average molecular weight is 155 g/mol. The lowest BCUT2D eigenvalue weighted by molar-refractivity contribution is -0.384. The molecule has 0 atom stereocenters. The summed E-state index contributed by atoms with van der Waals surface area (Å²) in [5.41, 5.74) is 1.06. The van der Waals surface area contributed by atoms with Crippen LogP contribution in [-0.2, 0) is 0 Å². The van der Waals surface area contributed by atoms with Crippen LogP contribution in [0.1, 0.15) is 5.56 Å². The van der Waals surface area contributed by atoms with Gasteiger partial charge in [-0.15, -0.1) is 0 Å². The van der Waals surface area contributed by atoms with E-state index in [-0.39, 0.29) is 11.2 Å². The normalized spacial score (nSPS) is 8.45. The summed E-state index contributed by atoms with van der Waals surface area (Å²) in [5, 5.41) is 10.2. The summed E-state index contributed by atoms with van der Waals surface area (Å²) in [7, 11) is 0. The molecule has 1 aromatic carbocycles. The van der Waals surface area contributed by atoms with Crippen molar-refractivity contribution in [2.24, 2.45) is 0 Å². The summed E-state index contributed by atoms with van der Waals surface area (Å²) in [6.45, 7) is 1.83. The second-order valence-corrected chi connectivity index (χ2v) is 2.10. The van der Waals surface area contributed by atoms with Crippen LogP contribution in [0.2, 0.25) is 0 Å². The zero-order valence-corrected chi connectivity index (χ0v) is 6.07. The van der Waals surface area contributed by atoms with Crippen molar-refractivity contribution < 1.29 is 10.4 Å². The van der Waals surface area contributed by atoms with Gasteiger partial charge in [0.2, 0.25) is 0 Å². The minimum atomic E-state index is -0.396. The van der Waals surface area contributed by atoms with Crippen molar-refractivity contribution in [3.05, 3.63) is 39.9 Å². The van der Waals surface area contributed by atoms with Crippen molar-refractivity contribution in [1.82, 2.24) is 0 Å². The van der Waals surface area contributed by atoms with Crippen LogP contribution in [-0.4, -0.2) is 10.4 Å². The first-order chi connectivity index (χ1) is 4.70. The van der Waals surface area contributed by atoms with Gasteiger partial charge in [-0.25, -0.2) is 0 Å². The molecule has 11 heavy (non-hydrogen) atoms. The van der Waals surface area contributed by atoms with Gasteiger partial charge in [0, 0.05) is 12.1 Å². The quantitative estimate of drug-likeness (QED) is 0.449. The second-order valence-electron chi connectivity index (χ2n) is 2.10. The standard InChI is InChI=1S/C7H7NO2.H2O/c1-6-3-2-4-7(5-6)8(9)10;/h2-5H,1H3;1H2. The third-order valence-electron chi connectivity index (χ3n) is 1.21. The van der Waals surface area contributed by atoms with E-state index < -0.39 is 4.92 Å². The van der Waals surface area contributed by atoms with Crippen LogP contribution >= 0.6 is 0 Å². The van der Waals surface area contributed by atoms with E-state index in [1.165, 1.54) is 6.07 Å². The number of nitro benzene ring substituents is 1. The molecule has 0 fully saturated rings. The Balaban J connectivity index is 0.000001000. The van der Waals surface area contributed by atoms with E-state index in [0.29, 0.717) is 0 Å². The fourth-order valence-corrected chi connectivity index (χ4v) is 0.742. The van der Waals surface area contributed by atoms with Crippen molar-refractivity contribution >= 4 is 5.69 Å². The number of benzene rings is 1. The summed E-state index contributed by atoms with van der Waals surface area (Å²) in [4.78, 5) is 9.76. The van der Waals surface area contributed by atoms with E-state index in [4.69, 9.17) is 0 Å². The lowest BCUT2D eigenvalue weighted by Gasteiger charge is -1.90. The molecule has 0 aromatic heterocycles. The Morgan fingerprint density at radius 2 is 2.09 bits per heavy atom. The van der Waals surface area contributed by atoms with E-state index in [9.17, 15) is 10.1 Å². The molecule has 0 unspecified atom stereocenters. The Morgan fingerprint density at radius 1 is 1.45 bits per heavy atom. The molecule has 60 valence electrons. The van der Waals surface area contributed by atoms with Gasteiger partial charge in [0.15, 0.2) is 0 Å². The molecule has 0 heterocycles. The van der Waals surface area contributed by atoms with Gasteiger partial charge < -0.3 is 5.48 Å². The summed E-state index contributed by atoms with van der Waals surface area (Å²) in [6.07, 6.45) is 0. The fraction of sp³-hybridized carbons (Fsp3) is 0.143. The van der Waals surface area contributed by atoms with Crippen molar-refractivity contribution in [3.63, 3.8) is 0 Å². The number of non-ortho nitro benzene ring substituents is 1. The molecule has 0 aliphatic carbocycles. The number of hydrogen-bond acceptors (Lipinski definition) is 2. The first-order valence-corrected chi connectivity index (χ1v) is 2.91. The highest BCUT2D eigenvalue weighted by molar-refractivity contribution is 5.33. The van der Waals surface area contributed by atoms with Gasteiger partial charge >= 0.3 is 0 Å². The fourth-order valence-electron chi connectivity index (χ4n) is 0.742. The van der Waals surface area contributed by atoms with Crippen LogP contribution in [0.4, 0.5) is 5.69 Å². The zero-order chi connectivity index (χ0) is 7.56. The van der Waals surface area contributed by atoms with Crippen LogP contribution < -0.4 is 0 Å². The molecule has 0 radical (unpaired) electrons. The van der Waals surface area contributed by atoms with E-state index in [0.717, 1.165) is 5.56 Å². The molecular formula is C7H9NO3. The molecule has 4 nitrogen and oxygen atoms in total. The molecular weight excluding hydrogens is 146 g/mol. The molecule has 1 rings (SSSR count). The molecule has 1 aromatic rings. The zero-order valence-electron chi connectivity index (χ0n) is 6.07. The SMILES string of the molecule is Cc1cccc([N+](=O)[O-])c1.O. The van der Waals surface area contributed by atoms with Crippen molar-refractivity contribution in [2.45, 2.75) is 6.92 Å². The largest absolute Gasteiger partial charge is 0.412 e. The maximum Gasteiger partial charge on any atom is 0.269 e. The van der Waals surface area contributed by atoms with Crippen molar-refractivity contribution in [2.75, 3.05) is 0 Å². The molecule has 4 heteroatoms. The predicted octanol–water partition coefficient (Wildman–Crippen LogP) is 1.08. The molecule has 0 spiro atoms. The Morgan fingerprint density at radius 3 is 2.45 bits per heavy atom. The molecule has 2 N–H and O–H groups in total. The van der Waals surface area contributed by atoms with Gasteiger partial charge in [0.05, 0.1) is 4.92 Å². The molecule has 0 aliphatic rings. The Bertz CT molecular complexity index is 260. The topological polar surface area (TPSA) is 74.6 Å². The Labute approximate surface area is 63.9 Å². The van der Waals surface area contributed by atoms with Crippen molar-refractivity contribution in [1.29, 1.82) is 0 Å². The molecule has 0 aliphatic heterocycles. The highest BCUT2D eigenvalue weighted by Crippen LogP contribution is 2.11. The predicted molar refractivity (Wildman–Crippen MR) is 41.4 cm³/mol. The maximum atomic E-state index is 10.2. The van der Waals surface area contributed by atoms with Crippen LogP contribution in [0.25, 0.3) is 0 Å². The minimum absolute atomic E-state index is 0. The van der Waals surface area contributed by atoms with E-state index in [1.54, 1.807) is 12.1 Å². The summed E-state index contributed by atoms with van der Waals surface area (Å²) in [6, 6.07) is 6.52. The Hall–Kier alpha value is -1.42. The van der Waals surface area contributed by atoms with Gasteiger partial charge in [0.25, 0.3) is 5.69 Å². The third kappa shape index (κ3) is 2.35. The van der Waals surface area contributed by atoms with Crippen LogP contribution in [0.3, 0.4) is 0 Å². The first-order valence-electron chi connectivity index (χ1n) is 2.91. The maximum absolute atomic E-state index is 10.2. The molecule has 0 bridgehead atoms. The van der Waals surface area contributed by atoms with Gasteiger partial charge in [-0.3, -0.25) is 10.1 Å². The number of nitro groups is 1. The number of hydrogen-bond donors (Lipinski definition) is 0. The highest BCUT2D eigenvalue weighted by Gasteiger charge is 2.01. The van der Waals surface area contributed by atoms with Crippen LogP contribution in [0.15, 0.2) is 24.3 Å². The smallest absolute Gasteiger partial charge is 0.269 e. The first kappa shape index (κ1) is 9.58. The van der Waals surface area contributed by atoms with Gasteiger partial charge in [-0.05, 0) is 12.5 Å². The van der Waals surface area contributed by atoms with Gasteiger partial charge in [-0.2, -0.15) is 0 Å². The molecule has 0 amide bonds. The van der Waals surface area contributed by atoms with E-state index in [1.807, 2.05) is 13.0 Å². The second kappa shape index (κ2) is 3.68. The summed E-state index contributed by atoms with van der Waals surface area (Å²) >= 11 is 0. The molecule has 0 saturated heterocycles.